The van der Waals surface area contributed by atoms with E-state index in [1.165, 1.54) is 19.4 Å². The number of hydrogen-bond acceptors (Lipinski definition) is 1. The SMILES string of the molecule is CC(C)(C)C1C[C@H]2C[C@@H]1CN2C(C)(C)C. The second-order valence-corrected chi connectivity index (χ2v) is 7.68. The Bertz CT molecular complexity index is 217. The van der Waals surface area contributed by atoms with E-state index in [0.29, 0.717) is 11.0 Å². The molecule has 1 saturated heterocycles. The zero-order chi connectivity index (χ0) is 11.4. The molecule has 0 spiro atoms. The average Bonchev–Trinajstić information content (AvgIpc) is 2.57. The lowest BCUT2D eigenvalue weighted by Gasteiger charge is -2.44. The van der Waals surface area contributed by atoms with Crippen LogP contribution < -0.4 is 0 Å². The first-order valence-corrected chi connectivity index (χ1v) is 6.46. The highest BCUT2D eigenvalue weighted by molar-refractivity contribution is 5.03. The Labute approximate surface area is 95.2 Å². The highest BCUT2D eigenvalue weighted by Gasteiger charge is 2.50. The Kier molecular flexibility index (Phi) is 2.46. The van der Waals surface area contributed by atoms with Crippen LogP contribution in [0.4, 0.5) is 0 Å². The maximum absolute atomic E-state index is 2.74. The summed E-state index contributed by atoms with van der Waals surface area (Å²) in [6, 6.07) is 0.874. The van der Waals surface area contributed by atoms with E-state index in [0.717, 1.165) is 17.9 Å². The Balaban J connectivity index is 2.07. The van der Waals surface area contributed by atoms with Crippen molar-refractivity contribution in [1.29, 1.82) is 0 Å². The van der Waals surface area contributed by atoms with Crippen LogP contribution in [0.2, 0.25) is 0 Å². The summed E-state index contributed by atoms with van der Waals surface area (Å²) in [5, 5.41) is 0. The number of rotatable bonds is 0. The van der Waals surface area contributed by atoms with Gasteiger partial charge in [0.05, 0.1) is 0 Å². The minimum Gasteiger partial charge on any atom is -0.295 e. The van der Waals surface area contributed by atoms with Gasteiger partial charge < -0.3 is 0 Å². The first kappa shape index (κ1) is 11.4. The third-order valence-electron chi connectivity index (χ3n) is 4.52. The highest BCUT2D eigenvalue weighted by Crippen LogP contribution is 2.51. The molecule has 2 aliphatic rings. The van der Waals surface area contributed by atoms with E-state index in [-0.39, 0.29) is 0 Å². The van der Waals surface area contributed by atoms with Gasteiger partial charge in [-0.05, 0) is 50.9 Å². The van der Waals surface area contributed by atoms with Crippen LogP contribution in [0.25, 0.3) is 0 Å². The van der Waals surface area contributed by atoms with Gasteiger partial charge in [0.1, 0.15) is 0 Å². The fourth-order valence-corrected chi connectivity index (χ4v) is 3.84. The fraction of sp³-hybridized carbons (Fsp3) is 1.00. The summed E-state index contributed by atoms with van der Waals surface area (Å²) >= 11 is 0. The lowest BCUT2D eigenvalue weighted by atomic mass is 9.73. The molecule has 0 N–H and O–H groups in total. The summed E-state index contributed by atoms with van der Waals surface area (Å²) in [6.45, 7) is 15.7. The zero-order valence-electron chi connectivity index (χ0n) is 11.3. The largest absolute Gasteiger partial charge is 0.295 e. The van der Waals surface area contributed by atoms with Gasteiger partial charge in [-0.25, -0.2) is 0 Å². The Hall–Kier alpha value is -0.0400. The van der Waals surface area contributed by atoms with Crippen LogP contribution >= 0.6 is 0 Å². The van der Waals surface area contributed by atoms with Gasteiger partial charge in [-0.2, -0.15) is 0 Å². The molecule has 0 radical (unpaired) electrons. The van der Waals surface area contributed by atoms with Crippen molar-refractivity contribution in [1.82, 2.24) is 4.90 Å². The predicted octanol–water partition coefficient (Wildman–Crippen LogP) is 3.54. The molecule has 1 unspecified atom stereocenters. The van der Waals surface area contributed by atoms with Crippen molar-refractivity contribution in [3.05, 3.63) is 0 Å². The van der Waals surface area contributed by atoms with Crippen molar-refractivity contribution in [2.45, 2.75) is 66.0 Å². The van der Waals surface area contributed by atoms with Crippen LogP contribution in [-0.2, 0) is 0 Å². The van der Waals surface area contributed by atoms with Crippen molar-refractivity contribution in [2.75, 3.05) is 6.54 Å². The minimum atomic E-state index is 0.377. The summed E-state index contributed by atoms with van der Waals surface area (Å²) in [5.41, 5.74) is 0.895. The second kappa shape index (κ2) is 3.23. The van der Waals surface area contributed by atoms with Gasteiger partial charge in [-0.1, -0.05) is 20.8 Å². The fourth-order valence-electron chi connectivity index (χ4n) is 3.84. The average molecular weight is 209 g/mol. The summed E-state index contributed by atoms with van der Waals surface area (Å²) in [7, 11) is 0. The maximum Gasteiger partial charge on any atom is 0.0128 e. The molecule has 15 heavy (non-hydrogen) atoms. The molecule has 88 valence electrons. The van der Waals surface area contributed by atoms with Crippen molar-refractivity contribution in [2.24, 2.45) is 17.3 Å². The molecule has 1 aliphatic carbocycles. The van der Waals surface area contributed by atoms with Gasteiger partial charge in [0.15, 0.2) is 0 Å². The maximum atomic E-state index is 2.74. The molecule has 0 aromatic heterocycles. The van der Waals surface area contributed by atoms with E-state index in [4.69, 9.17) is 0 Å². The molecule has 1 heteroatoms. The van der Waals surface area contributed by atoms with Crippen molar-refractivity contribution < 1.29 is 0 Å². The number of piperidine rings is 1. The molecule has 2 bridgehead atoms. The Morgan fingerprint density at radius 1 is 0.933 bits per heavy atom. The van der Waals surface area contributed by atoms with Crippen LogP contribution in [0.5, 0.6) is 0 Å². The summed E-state index contributed by atoms with van der Waals surface area (Å²) < 4.78 is 0. The lowest BCUT2D eigenvalue weighted by molar-refractivity contribution is 0.0462. The molecule has 1 heterocycles. The van der Waals surface area contributed by atoms with Crippen LogP contribution in [0.15, 0.2) is 0 Å². The molecular weight excluding hydrogens is 182 g/mol. The lowest BCUT2D eigenvalue weighted by Crippen LogP contribution is -2.48. The third kappa shape index (κ3) is 1.95. The van der Waals surface area contributed by atoms with Gasteiger partial charge in [0.25, 0.3) is 0 Å². The minimum absolute atomic E-state index is 0.377. The molecule has 0 aromatic carbocycles. The molecule has 0 amide bonds. The monoisotopic (exact) mass is 209 g/mol. The van der Waals surface area contributed by atoms with Gasteiger partial charge in [-0.15, -0.1) is 0 Å². The predicted molar refractivity (Wildman–Crippen MR) is 65.9 cm³/mol. The van der Waals surface area contributed by atoms with E-state index in [9.17, 15) is 0 Å². The molecule has 2 rings (SSSR count). The van der Waals surface area contributed by atoms with Gasteiger partial charge >= 0.3 is 0 Å². The van der Waals surface area contributed by atoms with Crippen molar-refractivity contribution >= 4 is 0 Å². The summed E-state index contributed by atoms with van der Waals surface area (Å²) in [5.74, 6) is 1.93. The summed E-state index contributed by atoms with van der Waals surface area (Å²) in [4.78, 5) is 2.74. The van der Waals surface area contributed by atoms with E-state index >= 15 is 0 Å². The number of likely N-dealkylation sites (tertiary alicyclic amines) is 1. The van der Waals surface area contributed by atoms with E-state index in [1.807, 2.05) is 0 Å². The molecular formula is C14H27N. The van der Waals surface area contributed by atoms with E-state index in [2.05, 4.69) is 46.4 Å². The standard InChI is InChI=1S/C14H27N/c1-13(2,3)12-8-11-7-10(12)9-15(11)14(4,5)6/h10-12H,7-9H2,1-6H3/t10-,11-,12?/m1/s1. The van der Waals surface area contributed by atoms with Crippen molar-refractivity contribution in [3.8, 4) is 0 Å². The van der Waals surface area contributed by atoms with Crippen molar-refractivity contribution in [3.63, 3.8) is 0 Å². The Morgan fingerprint density at radius 3 is 1.87 bits per heavy atom. The van der Waals surface area contributed by atoms with Gasteiger partial charge in [-0.3, -0.25) is 4.90 Å². The molecule has 1 saturated carbocycles. The van der Waals surface area contributed by atoms with Crippen LogP contribution in [-0.4, -0.2) is 23.0 Å². The normalized spacial score (nSPS) is 37.6. The van der Waals surface area contributed by atoms with E-state index in [1.54, 1.807) is 0 Å². The molecule has 2 fully saturated rings. The number of fused-ring (bicyclic) bond motifs is 2. The smallest absolute Gasteiger partial charge is 0.0128 e. The van der Waals surface area contributed by atoms with Gasteiger partial charge in [0.2, 0.25) is 0 Å². The van der Waals surface area contributed by atoms with Crippen LogP contribution in [0, 0.1) is 17.3 Å². The molecule has 1 aliphatic heterocycles. The Morgan fingerprint density at radius 2 is 1.53 bits per heavy atom. The van der Waals surface area contributed by atoms with Crippen LogP contribution in [0.3, 0.4) is 0 Å². The quantitative estimate of drug-likeness (QED) is 0.590. The topological polar surface area (TPSA) is 3.24 Å². The molecule has 0 aromatic rings. The highest BCUT2D eigenvalue weighted by atomic mass is 15.2. The molecule has 3 atom stereocenters. The van der Waals surface area contributed by atoms with E-state index < -0.39 is 0 Å². The van der Waals surface area contributed by atoms with Crippen LogP contribution in [0.1, 0.15) is 54.4 Å². The number of hydrogen-bond donors (Lipinski definition) is 0. The first-order valence-electron chi connectivity index (χ1n) is 6.46. The summed E-state index contributed by atoms with van der Waals surface area (Å²) in [6.07, 6.45) is 2.89. The second-order valence-electron chi connectivity index (χ2n) is 7.68. The zero-order valence-corrected chi connectivity index (χ0v) is 11.3. The van der Waals surface area contributed by atoms with Gasteiger partial charge in [0, 0.05) is 18.1 Å². The third-order valence-corrected chi connectivity index (χ3v) is 4.52. The number of nitrogens with zero attached hydrogens (tertiary/aromatic N) is 1. The molecule has 1 nitrogen and oxygen atoms in total. The first-order chi connectivity index (χ1) is 6.69.